The normalized spacial score (nSPS) is 25.6. The predicted octanol–water partition coefficient (Wildman–Crippen LogP) is 3.73. The molecule has 0 aliphatic carbocycles. The molecule has 26 heavy (non-hydrogen) atoms. The first-order valence-corrected chi connectivity index (χ1v) is 10.2. The van der Waals surface area contributed by atoms with Crippen LogP contribution in [0, 0.1) is 11.8 Å². The zero-order chi connectivity index (χ0) is 18.5. The van der Waals surface area contributed by atoms with Gasteiger partial charge in [0.1, 0.15) is 6.10 Å². The summed E-state index contributed by atoms with van der Waals surface area (Å²) in [7, 11) is 2.19. The van der Waals surface area contributed by atoms with Gasteiger partial charge in [-0.25, -0.2) is 0 Å². The molecular formula is C22H34N2O2. The molecule has 2 atom stereocenters. The van der Waals surface area contributed by atoms with Gasteiger partial charge in [-0.1, -0.05) is 44.2 Å². The van der Waals surface area contributed by atoms with E-state index in [1.54, 1.807) is 0 Å². The third kappa shape index (κ3) is 5.08. The third-order valence-corrected chi connectivity index (χ3v) is 6.00. The number of hydrogen-bond acceptors (Lipinski definition) is 3. The van der Waals surface area contributed by atoms with Crippen molar-refractivity contribution in [3.8, 4) is 0 Å². The first kappa shape index (κ1) is 19.4. The fraction of sp³-hybridized carbons (Fsp3) is 0.682. The minimum Gasteiger partial charge on any atom is -0.366 e. The molecule has 4 heteroatoms. The van der Waals surface area contributed by atoms with Crippen LogP contribution in [0.25, 0.3) is 0 Å². The van der Waals surface area contributed by atoms with Gasteiger partial charge in [-0.15, -0.1) is 0 Å². The Labute approximate surface area is 158 Å². The van der Waals surface area contributed by atoms with Gasteiger partial charge in [-0.05, 0) is 56.8 Å². The molecule has 0 saturated carbocycles. The van der Waals surface area contributed by atoms with E-state index in [2.05, 4.69) is 42.8 Å². The number of hydrogen-bond donors (Lipinski definition) is 0. The summed E-state index contributed by atoms with van der Waals surface area (Å²) in [5.74, 6) is 1.42. The summed E-state index contributed by atoms with van der Waals surface area (Å²) < 4.78 is 6.32. The van der Waals surface area contributed by atoms with Crippen LogP contribution in [0.5, 0.6) is 0 Å². The fourth-order valence-electron chi connectivity index (χ4n) is 4.05. The van der Waals surface area contributed by atoms with E-state index in [-0.39, 0.29) is 12.2 Å². The van der Waals surface area contributed by atoms with Crippen molar-refractivity contribution in [2.45, 2.75) is 51.7 Å². The maximum Gasteiger partial charge on any atom is 0.222 e. The number of likely N-dealkylation sites (tertiary alicyclic amines) is 1. The summed E-state index contributed by atoms with van der Waals surface area (Å²) in [6.45, 7) is 8.11. The van der Waals surface area contributed by atoms with Crippen molar-refractivity contribution in [2.24, 2.45) is 11.8 Å². The largest absolute Gasteiger partial charge is 0.366 e. The van der Waals surface area contributed by atoms with Crippen LogP contribution in [-0.2, 0) is 9.53 Å². The standard InChI is InChI=1S/C22H34N2O2/c1-17(2)20-15-24(16-21(26-20)19-7-5-4-6-8-19)22(25)10-9-18-11-13-23(3)14-12-18/h4-8,17-18,20-21H,9-16H2,1-3H3/t20-,21+/m1/s1. The molecule has 3 rings (SSSR count). The molecule has 2 heterocycles. The van der Waals surface area contributed by atoms with Gasteiger partial charge in [0, 0.05) is 13.0 Å². The van der Waals surface area contributed by atoms with Crippen LogP contribution >= 0.6 is 0 Å². The number of nitrogens with zero attached hydrogens (tertiary/aromatic N) is 2. The minimum absolute atomic E-state index is 0.00960. The second kappa shape index (κ2) is 9.01. The van der Waals surface area contributed by atoms with Crippen molar-refractivity contribution >= 4 is 5.91 Å². The van der Waals surface area contributed by atoms with Crippen LogP contribution in [0.15, 0.2) is 30.3 Å². The Hall–Kier alpha value is -1.39. The van der Waals surface area contributed by atoms with Crippen molar-refractivity contribution in [3.05, 3.63) is 35.9 Å². The Morgan fingerprint density at radius 2 is 1.85 bits per heavy atom. The Morgan fingerprint density at radius 3 is 2.50 bits per heavy atom. The highest BCUT2D eigenvalue weighted by atomic mass is 16.5. The molecule has 0 bridgehead atoms. The minimum atomic E-state index is -0.00960. The Bertz CT molecular complexity index is 567. The number of carbonyl (C=O) groups is 1. The molecule has 0 aromatic heterocycles. The molecular weight excluding hydrogens is 324 g/mol. The summed E-state index contributed by atoms with van der Waals surface area (Å²) >= 11 is 0. The average molecular weight is 359 g/mol. The highest BCUT2D eigenvalue weighted by Crippen LogP contribution is 2.29. The van der Waals surface area contributed by atoms with Crippen LogP contribution in [0.2, 0.25) is 0 Å². The van der Waals surface area contributed by atoms with Gasteiger partial charge in [0.2, 0.25) is 5.91 Å². The number of morpholine rings is 1. The molecule has 1 aromatic rings. The molecule has 144 valence electrons. The summed E-state index contributed by atoms with van der Waals surface area (Å²) in [6.07, 6.45) is 4.28. The number of rotatable bonds is 5. The van der Waals surface area contributed by atoms with Gasteiger partial charge in [-0.3, -0.25) is 4.79 Å². The van der Waals surface area contributed by atoms with Crippen molar-refractivity contribution in [1.82, 2.24) is 9.80 Å². The monoisotopic (exact) mass is 358 g/mol. The fourth-order valence-corrected chi connectivity index (χ4v) is 4.05. The van der Waals surface area contributed by atoms with E-state index in [0.717, 1.165) is 13.0 Å². The maximum atomic E-state index is 12.9. The molecule has 4 nitrogen and oxygen atoms in total. The molecule has 0 radical (unpaired) electrons. The molecule has 0 N–H and O–H groups in total. The Kier molecular flexibility index (Phi) is 6.71. The summed E-state index contributed by atoms with van der Waals surface area (Å²) in [4.78, 5) is 17.4. The van der Waals surface area contributed by atoms with E-state index in [1.807, 2.05) is 18.2 Å². The highest BCUT2D eigenvalue weighted by molar-refractivity contribution is 5.76. The zero-order valence-electron chi connectivity index (χ0n) is 16.6. The molecule has 1 amide bonds. The number of piperidine rings is 1. The SMILES string of the molecule is CC(C)[C@H]1CN(C(=O)CCC2CCN(C)CC2)C[C@@H](c2ccccc2)O1. The lowest BCUT2D eigenvalue weighted by atomic mass is 9.92. The maximum absolute atomic E-state index is 12.9. The average Bonchev–Trinajstić information content (AvgIpc) is 2.67. The molecule has 1 aromatic carbocycles. The van der Waals surface area contributed by atoms with Crippen molar-refractivity contribution in [1.29, 1.82) is 0 Å². The molecule has 0 unspecified atom stereocenters. The highest BCUT2D eigenvalue weighted by Gasteiger charge is 2.33. The van der Waals surface area contributed by atoms with Crippen molar-refractivity contribution in [2.75, 3.05) is 33.2 Å². The Morgan fingerprint density at radius 1 is 1.15 bits per heavy atom. The van der Waals surface area contributed by atoms with E-state index in [9.17, 15) is 4.79 Å². The van der Waals surface area contributed by atoms with Gasteiger partial charge in [0.05, 0.1) is 12.6 Å². The van der Waals surface area contributed by atoms with E-state index >= 15 is 0 Å². The van der Waals surface area contributed by atoms with Crippen LogP contribution in [0.3, 0.4) is 0 Å². The van der Waals surface area contributed by atoms with E-state index < -0.39 is 0 Å². The number of carbonyl (C=O) groups excluding carboxylic acids is 1. The second-order valence-corrected chi connectivity index (χ2v) is 8.40. The lowest BCUT2D eigenvalue weighted by molar-refractivity contribution is -0.150. The van der Waals surface area contributed by atoms with E-state index in [4.69, 9.17) is 4.74 Å². The summed E-state index contributed by atoms with van der Waals surface area (Å²) in [5, 5.41) is 0. The molecule has 2 aliphatic heterocycles. The lowest BCUT2D eigenvalue weighted by Crippen LogP contribution is -2.48. The first-order chi connectivity index (χ1) is 12.5. The van der Waals surface area contributed by atoms with Gasteiger partial charge in [0.15, 0.2) is 0 Å². The van der Waals surface area contributed by atoms with Crippen LogP contribution in [-0.4, -0.2) is 55.0 Å². The van der Waals surface area contributed by atoms with Crippen LogP contribution in [0.1, 0.15) is 51.2 Å². The van der Waals surface area contributed by atoms with Crippen LogP contribution < -0.4 is 0 Å². The van der Waals surface area contributed by atoms with Gasteiger partial charge < -0.3 is 14.5 Å². The van der Waals surface area contributed by atoms with E-state index in [0.29, 0.717) is 30.7 Å². The smallest absolute Gasteiger partial charge is 0.222 e. The van der Waals surface area contributed by atoms with Crippen molar-refractivity contribution in [3.63, 3.8) is 0 Å². The molecule has 2 saturated heterocycles. The molecule has 0 spiro atoms. The number of ether oxygens (including phenoxy) is 1. The number of amides is 1. The second-order valence-electron chi connectivity index (χ2n) is 8.40. The predicted molar refractivity (Wildman–Crippen MR) is 105 cm³/mol. The number of benzene rings is 1. The quantitative estimate of drug-likeness (QED) is 0.804. The van der Waals surface area contributed by atoms with Crippen LogP contribution in [0.4, 0.5) is 0 Å². The van der Waals surface area contributed by atoms with Gasteiger partial charge >= 0.3 is 0 Å². The molecule has 2 fully saturated rings. The van der Waals surface area contributed by atoms with Gasteiger partial charge in [-0.2, -0.15) is 0 Å². The van der Waals surface area contributed by atoms with Gasteiger partial charge in [0.25, 0.3) is 0 Å². The first-order valence-electron chi connectivity index (χ1n) is 10.2. The summed E-state index contributed by atoms with van der Waals surface area (Å²) in [5.41, 5.74) is 1.17. The topological polar surface area (TPSA) is 32.8 Å². The Balaban J connectivity index is 1.58. The van der Waals surface area contributed by atoms with E-state index in [1.165, 1.54) is 31.5 Å². The third-order valence-electron chi connectivity index (χ3n) is 6.00. The van der Waals surface area contributed by atoms with Crippen molar-refractivity contribution < 1.29 is 9.53 Å². The zero-order valence-corrected chi connectivity index (χ0v) is 16.6. The lowest BCUT2D eigenvalue weighted by Gasteiger charge is -2.40. The summed E-state index contributed by atoms with van der Waals surface area (Å²) in [6, 6.07) is 10.3. The molecule has 2 aliphatic rings.